The van der Waals surface area contributed by atoms with Crippen LogP contribution in [0.15, 0.2) is 42.9 Å². The lowest BCUT2D eigenvalue weighted by Gasteiger charge is -2.48. The van der Waals surface area contributed by atoms with E-state index < -0.39 is 36.4 Å². The Bertz CT molecular complexity index is 1250. The van der Waals surface area contributed by atoms with Gasteiger partial charge in [-0.15, -0.1) is 0 Å². The van der Waals surface area contributed by atoms with E-state index in [1.165, 1.54) is 5.56 Å². The van der Waals surface area contributed by atoms with E-state index in [0.29, 0.717) is 0 Å². The Morgan fingerprint density at radius 2 is 1.33 bits per heavy atom. The Labute approximate surface area is 267 Å². The fourth-order valence-corrected chi connectivity index (χ4v) is 4.18. The summed E-state index contributed by atoms with van der Waals surface area (Å²) in [6, 6.07) is 8.48. The van der Waals surface area contributed by atoms with Gasteiger partial charge in [-0.25, -0.2) is 19.4 Å². The van der Waals surface area contributed by atoms with E-state index in [0.717, 1.165) is 63.7 Å². The molecule has 0 bridgehead atoms. The first-order valence-corrected chi connectivity index (χ1v) is 13.5. The minimum atomic E-state index is -5.08. The molecule has 2 aromatic heterocycles. The molecule has 3 N–H and O–H groups in total. The third-order valence-electron chi connectivity index (χ3n) is 6.32. The zero-order chi connectivity index (χ0) is 36.9. The predicted molar refractivity (Wildman–Crippen MR) is 149 cm³/mol. The minimum absolute atomic E-state index is 0.0918. The number of aliphatic carboxylic acids is 3. The number of carboxylic acid groups (broad SMARTS) is 3. The van der Waals surface area contributed by atoms with Crippen LogP contribution in [0.5, 0.6) is 0 Å². The van der Waals surface area contributed by atoms with Gasteiger partial charge in [0, 0.05) is 59.2 Å². The molecule has 4 rings (SSSR count). The van der Waals surface area contributed by atoms with E-state index in [4.69, 9.17) is 39.4 Å². The zero-order valence-electron chi connectivity index (χ0n) is 25.3. The Hall–Kier alpha value is -4.40. The van der Waals surface area contributed by atoms with Gasteiger partial charge in [0.1, 0.15) is 5.82 Å². The van der Waals surface area contributed by atoms with Gasteiger partial charge in [-0.2, -0.15) is 39.5 Å². The number of morpholine rings is 1. The van der Waals surface area contributed by atoms with Crippen molar-refractivity contribution in [1.82, 2.24) is 14.9 Å². The fraction of sp³-hybridized carbons (Fsp3) is 0.519. The molecule has 0 aliphatic carbocycles. The average Bonchev–Trinajstić information content (AvgIpc) is 2.97. The maximum Gasteiger partial charge on any atom is 0.490 e. The number of hydrogen-bond acceptors (Lipinski definition) is 9. The summed E-state index contributed by atoms with van der Waals surface area (Å²) in [7, 11) is 4.08. The van der Waals surface area contributed by atoms with Crippen molar-refractivity contribution in [2.75, 3.05) is 56.7 Å². The minimum Gasteiger partial charge on any atom is -0.475 e. The second-order valence-corrected chi connectivity index (χ2v) is 10.3. The monoisotopic (exact) mass is 709 g/mol. The normalized spacial score (nSPS) is 18.2. The lowest BCUT2D eigenvalue weighted by Crippen LogP contribution is -2.59. The van der Waals surface area contributed by atoms with Gasteiger partial charge in [0.2, 0.25) is 0 Å². The van der Waals surface area contributed by atoms with Gasteiger partial charge < -0.3 is 29.9 Å². The largest absolute Gasteiger partial charge is 0.490 e. The number of pyridine rings is 2. The highest BCUT2D eigenvalue weighted by Gasteiger charge is 2.41. The Kier molecular flexibility index (Phi) is 15.3. The van der Waals surface area contributed by atoms with Crippen LogP contribution in [-0.2, 0) is 25.7 Å². The zero-order valence-corrected chi connectivity index (χ0v) is 25.3. The summed E-state index contributed by atoms with van der Waals surface area (Å²) in [5.41, 5.74) is 2.35. The number of piperidine rings is 1. The Morgan fingerprint density at radius 1 is 0.833 bits per heavy atom. The predicted octanol–water partition coefficient (Wildman–Crippen LogP) is 4.31. The molecular weight excluding hydrogens is 677 g/mol. The van der Waals surface area contributed by atoms with E-state index in [1.807, 2.05) is 32.7 Å². The Balaban J connectivity index is 0.000000448. The van der Waals surface area contributed by atoms with Gasteiger partial charge in [0.25, 0.3) is 0 Å². The summed E-state index contributed by atoms with van der Waals surface area (Å²) >= 11 is 0. The number of carboxylic acids is 3. The summed E-state index contributed by atoms with van der Waals surface area (Å²) in [4.78, 5) is 42.5. The number of nitrogens with zero attached hydrogens (tertiary/aromatic N) is 5. The quantitative estimate of drug-likeness (QED) is 0.388. The van der Waals surface area contributed by atoms with Crippen molar-refractivity contribution in [3.63, 3.8) is 0 Å². The lowest BCUT2D eigenvalue weighted by molar-refractivity contribution is -0.193. The summed E-state index contributed by atoms with van der Waals surface area (Å²) in [6.45, 7) is 5.68. The standard InChI is InChI=1S/C21H29N5O.3C2HF3O2/c1-24(2)19-4-5-20(23-14-19)26-11-3-8-21(17-26)16-25(12-13-27-21)15-18-6-9-22-10-7-18;3*3-2(4,5)1(6)7/h4-7,9-10,14H,3,8,11-13,15-17H2,1-2H3;3*(H,6,7). The van der Waals surface area contributed by atoms with Gasteiger partial charge in [-0.05, 0) is 42.7 Å². The highest BCUT2D eigenvalue weighted by Crippen LogP contribution is 2.32. The molecule has 0 aromatic carbocycles. The maximum atomic E-state index is 10.6. The van der Waals surface area contributed by atoms with Crippen LogP contribution in [0.25, 0.3) is 0 Å². The van der Waals surface area contributed by atoms with Crippen LogP contribution in [0.3, 0.4) is 0 Å². The number of carbonyl (C=O) groups is 3. The first kappa shape index (κ1) is 41.6. The Morgan fingerprint density at radius 3 is 1.75 bits per heavy atom. The molecule has 2 fully saturated rings. The molecule has 48 heavy (non-hydrogen) atoms. The molecule has 12 nitrogen and oxygen atoms in total. The molecule has 0 radical (unpaired) electrons. The number of aromatic nitrogens is 2. The van der Waals surface area contributed by atoms with Crippen LogP contribution in [0, 0.1) is 0 Å². The van der Waals surface area contributed by atoms with Crippen molar-refractivity contribution >= 4 is 29.4 Å². The van der Waals surface area contributed by atoms with Crippen molar-refractivity contribution in [2.24, 2.45) is 0 Å². The van der Waals surface area contributed by atoms with E-state index in [2.05, 4.69) is 43.9 Å². The summed E-state index contributed by atoms with van der Waals surface area (Å²) in [6.07, 6.45) is -7.30. The molecule has 1 atom stereocenters. The van der Waals surface area contributed by atoms with Gasteiger partial charge in [-0.3, -0.25) is 9.88 Å². The summed E-state index contributed by atoms with van der Waals surface area (Å²) in [5, 5.41) is 21.4. The second-order valence-electron chi connectivity index (χ2n) is 10.3. The van der Waals surface area contributed by atoms with Crippen LogP contribution in [0.1, 0.15) is 18.4 Å². The van der Waals surface area contributed by atoms with E-state index in [-0.39, 0.29) is 5.60 Å². The summed E-state index contributed by atoms with van der Waals surface area (Å²) in [5.74, 6) is -7.22. The first-order valence-electron chi connectivity index (χ1n) is 13.5. The van der Waals surface area contributed by atoms with Crippen molar-refractivity contribution < 1.29 is 74.0 Å². The highest BCUT2D eigenvalue weighted by molar-refractivity contribution is 5.73. The third-order valence-corrected chi connectivity index (χ3v) is 6.32. The molecule has 2 saturated heterocycles. The highest BCUT2D eigenvalue weighted by atomic mass is 19.4. The first-order chi connectivity index (χ1) is 22.0. The van der Waals surface area contributed by atoms with Crippen molar-refractivity contribution in [3.05, 3.63) is 48.4 Å². The molecule has 1 spiro atoms. The lowest BCUT2D eigenvalue weighted by atomic mass is 9.90. The number of hydrogen-bond donors (Lipinski definition) is 3. The number of rotatable bonds is 4. The van der Waals surface area contributed by atoms with Crippen LogP contribution in [0.4, 0.5) is 51.0 Å². The molecule has 1 unspecified atom stereocenters. The van der Waals surface area contributed by atoms with Gasteiger partial charge in [0.05, 0.1) is 24.1 Å². The van der Waals surface area contributed by atoms with Crippen molar-refractivity contribution in [1.29, 1.82) is 0 Å². The molecule has 21 heteroatoms. The molecule has 2 aliphatic rings. The smallest absolute Gasteiger partial charge is 0.475 e. The molecule has 2 aliphatic heterocycles. The van der Waals surface area contributed by atoms with Gasteiger partial charge in [-0.1, -0.05) is 0 Å². The maximum absolute atomic E-state index is 10.6. The summed E-state index contributed by atoms with van der Waals surface area (Å²) < 4.78 is 102. The molecule has 2 aromatic rings. The molecular formula is C27H32F9N5O7. The third kappa shape index (κ3) is 15.0. The SMILES string of the molecule is CN(C)c1ccc(N2CCCC3(CN(Cc4ccncc4)CCO3)C2)nc1.O=C(O)C(F)(F)F.O=C(O)C(F)(F)F.O=C(O)C(F)(F)F. The number of anilines is 2. The second kappa shape index (κ2) is 17.7. The topological polar surface area (TPSA) is 157 Å². The van der Waals surface area contributed by atoms with Crippen LogP contribution >= 0.6 is 0 Å². The number of alkyl halides is 9. The molecule has 4 heterocycles. The van der Waals surface area contributed by atoms with Crippen molar-refractivity contribution in [3.8, 4) is 0 Å². The fourth-order valence-electron chi connectivity index (χ4n) is 4.18. The van der Waals surface area contributed by atoms with Crippen LogP contribution < -0.4 is 9.80 Å². The van der Waals surface area contributed by atoms with Gasteiger partial charge in [0.15, 0.2) is 0 Å². The van der Waals surface area contributed by atoms with E-state index in [9.17, 15) is 39.5 Å². The van der Waals surface area contributed by atoms with Crippen molar-refractivity contribution in [2.45, 2.75) is 43.5 Å². The van der Waals surface area contributed by atoms with E-state index in [1.54, 1.807) is 0 Å². The molecule has 0 saturated carbocycles. The average molecular weight is 710 g/mol. The number of ether oxygens (including phenoxy) is 1. The van der Waals surface area contributed by atoms with E-state index >= 15 is 0 Å². The van der Waals surface area contributed by atoms with Crippen LogP contribution in [0.2, 0.25) is 0 Å². The number of halogens is 9. The molecule has 0 amide bonds. The van der Waals surface area contributed by atoms with Gasteiger partial charge >= 0.3 is 36.4 Å². The van der Waals surface area contributed by atoms with Crippen LogP contribution in [-0.4, -0.2) is 119 Å². The molecule has 270 valence electrons.